The molecule has 1 saturated heterocycles. The Morgan fingerprint density at radius 1 is 1.15 bits per heavy atom. The van der Waals surface area contributed by atoms with Crippen LogP contribution in [0, 0.1) is 0 Å². The molecule has 0 aromatic heterocycles. The van der Waals surface area contributed by atoms with Crippen molar-refractivity contribution in [3.8, 4) is 0 Å². The second kappa shape index (κ2) is 9.00. The molecule has 2 aliphatic heterocycles. The van der Waals surface area contributed by atoms with Gasteiger partial charge in [-0.15, -0.1) is 12.4 Å². The van der Waals surface area contributed by atoms with E-state index in [4.69, 9.17) is 4.74 Å². The summed E-state index contributed by atoms with van der Waals surface area (Å²) in [7, 11) is 0. The minimum Gasteiger partial charge on any atom is -0.465 e. The Morgan fingerprint density at radius 2 is 1.88 bits per heavy atom. The number of rotatable bonds is 4. The Labute approximate surface area is 159 Å². The highest BCUT2D eigenvalue weighted by Crippen LogP contribution is 2.24. The molecule has 7 nitrogen and oxygen atoms in total. The van der Waals surface area contributed by atoms with Crippen LogP contribution in [0.5, 0.6) is 0 Å². The maximum absolute atomic E-state index is 12.7. The van der Waals surface area contributed by atoms with Gasteiger partial charge in [0.05, 0.1) is 13.2 Å². The van der Waals surface area contributed by atoms with Crippen molar-refractivity contribution in [2.24, 2.45) is 0 Å². The Hall–Kier alpha value is -2.12. The minimum absolute atomic E-state index is 0. The number of esters is 1. The number of halogens is 1. The average Bonchev–Trinajstić information content (AvgIpc) is 2.61. The van der Waals surface area contributed by atoms with Crippen LogP contribution < -0.4 is 5.32 Å². The van der Waals surface area contributed by atoms with Crippen molar-refractivity contribution in [2.75, 3.05) is 44.6 Å². The number of hydrogen-bond acceptors (Lipinski definition) is 5. The maximum Gasteiger partial charge on any atom is 0.320 e. The third-order valence-corrected chi connectivity index (χ3v) is 4.57. The summed E-state index contributed by atoms with van der Waals surface area (Å²) in [6, 6.07) is 5.44. The van der Waals surface area contributed by atoms with E-state index < -0.39 is 0 Å². The molecule has 1 aromatic carbocycles. The summed E-state index contributed by atoms with van der Waals surface area (Å²) < 4.78 is 4.96. The van der Waals surface area contributed by atoms with Crippen molar-refractivity contribution in [1.82, 2.24) is 9.80 Å². The maximum atomic E-state index is 12.7. The lowest BCUT2D eigenvalue weighted by atomic mass is 10.00. The van der Waals surface area contributed by atoms with Crippen molar-refractivity contribution in [2.45, 2.75) is 19.8 Å². The van der Waals surface area contributed by atoms with Gasteiger partial charge in [0.25, 0.3) is 5.91 Å². The number of anilines is 1. The van der Waals surface area contributed by atoms with Gasteiger partial charge in [0.15, 0.2) is 0 Å². The Balaban J connectivity index is 0.00000243. The lowest BCUT2D eigenvalue weighted by Gasteiger charge is -2.34. The number of ether oxygens (including phenoxy) is 1. The highest BCUT2D eigenvalue weighted by molar-refractivity contribution is 5.98. The number of hydrogen-bond donors (Lipinski definition) is 1. The molecule has 0 atom stereocenters. The first-order valence-corrected chi connectivity index (χ1v) is 8.67. The lowest BCUT2D eigenvalue weighted by Crippen LogP contribution is -2.50. The molecular formula is C18H24ClN3O4. The molecule has 142 valence electrons. The van der Waals surface area contributed by atoms with Gasteiger partial charge in [0.1, 0.15) is 0 Å². The molecule has 1 N–H and O–H groups in total. The van der Waals surface area contributed by atoms with Crippen LogP contribution in [0.3, 0.4) is 0 Å². The Morgan fingerprint density at radius 3 is 2.58 bits per heavy atom. The molecule has 2 aliphatic rings. The van der Waals surface area contributed by atoms with Crippen molar-refractivity contribution < 1.29 is 19.1 Å². The molecule has 2 amide bonds. The van der Waals surface area contributed by atoms with E-state index in [2.05, 4.69) is 5.32 Å². The summed E-state index contributed by atoms with van der Waals surface area (Å²) in [5, 5.41) is 2.83. The topological polar surface area (TPSA) is 79.0 Å². The van der Waals surface area contributed by atoms with Crippen LogP contribution in [-0.2, 0) is 20.7 Å². The fourth-order valence-corrected chi connectivity index (χ4v) is 3.20. The van der Waals surface area contributed by atoms with Gasteiger partial charge in [0, 0.05) is 43.9 Å². The van der Waals surface area contributed by atoms with E-state index in [1.165, 1.54) is 0 Å². The SMILES string of the molecule is CCOC(=O)CN1CCN(C(=O)c2ccc3c(c2)CCC(=O)N3)CC1.Cl. The number of benzene rings is 1. The summed E-state index contributed by atoms with van der Waals surface area (Å²) in [6.45, 7) is 4.94. The Bertz CT molecular complexity index is 687. The molecule has 0 aliphatic carbocycles. The molecule has 0 bridgehead atoms. The summed E-state index contributed by atoms with van der Waals surface area (Å²) in [6.07, 6.45) is 1.12. The van der Waals surface area contributed by atoms with Gasteiger partial charge < -0.3 is 15.0 Å². The van der Waals surface area contributed by atoms with E-state index in [9.17, 15) is 14.4 Å². The van der Waals surface area contributed by atoms with Gasteiger partial charge in [0.2, 0.25) is 5.91 Å². The zero-order valence-corrected chi connectivity index (χ0v) is 15.6. The Kier molecular flexibility index (Phi) is 6.99. The van der Waals surface area contributed by atoms with Crippen molar-refractivity contribution >= 4 is 35.9 Å². The fraction of sp³-hybridized carbons (Fsp3) is 0.500. The number of aryl methyl sites for hydroxylation is 1. The summed E-state index contributed by atoms with van der Waals surface area (Å²) in [5.41, 5.74) is 2.45. The first-order chi connectivity index (χ1) is 12.1. The quantitative estimate of drug-likeness (QED) is 0.796. The van der Waals surface area contributed by atoms with E-state index in [0.29, 0.717) is 51.2 Å². The van der Waals surface area contributed by atoms with Crippen molar-refractivity contribution in [1.29, 1.82) is 0 Å². The molecule has 0 saturated carbocycles. The van der Waals surface area contributed by atoms with Gasteiger partial charge in [-0.3, -0.25) is 19.3 Å². The third kappa shape index (κ3) is 4.74. The monoisotopic (exact) mass is 381 g/mol. The van der Waals surface area contributed by atoms with Gasteiger partial charge >= 0.3 is 5.97 Å². The number of piperazine rings is 1. The smallest absolute Gasteiger partial charge is 0.320 e. The fourth-order valence-electron chi connectivity index (χ4n) is 3.20. The molecule has 0 radical (unpaired) electrons. The summed E-state index contributed by atoms with van der Waals surface area (Å²) in [5.74, 6) is -0.209. The van der Waals surface area contributed by atoms with Crippen LogP contribution in [0.25, 0.3) is 0 Å². The minimum atomic E-state index is -0.223. The molecule has 0 unspecified atom stereocenters. The molecule has 26 heavy (non-hydrogen) atoms. The van der Waals surface area contributed by atoms with Gasteiger partial charge in [-0.2, -0.15) is 0 Å². The zero-order chi connectivity index (χ0) is 17.8. The predicted molar refractivity (Wildman–Crippen MR) is 99.6 cm³/mol. The predicted octanol–water partition coefficient (Wildman–Crippen LogP) is 1.31. The summed E-state index contributed by atoms with van der Waals surface area (Å²) in [4.78, 5) is 39.5. The first kappa shape index (κ1) is 20.2. The van der Waals surface area contributed by atoms with Crippen LogP contribution in [-0.4, -0.2) is 66.9 Å². The molecule has 3 rings (SSSR count). The summed E-state index contributed by atoms with van der Waals surface area (Å²) >= 11 is 0. The molecule has 0 spiro atoms. The molecular weight excluding hydrogens is 358 g/mol. The number of carbonyl (C=O) groups is 3. The van der Waals surface area contributed by atoms with E-state index >= 15 is 0 Å². The van der Waals surface area contributed by atoms with E-state index in [-0.39, 0.29) is 36.7 Å². The van der Waals surface area contributed by atoms with E-state index in [1.807, 2.05) is 15.9 Å². The number of nitrogens with one attached hydrogen (secondary N) is 1. The van der Waals surface area contributed by atoms with E-state index in [0.717, 1.165) is 11.3 Å². The normalized spacial score (nSPS) is 17.0. The lowest BCUT2D eigenvalue weighted by molar-refractivity contribution is -0.144. The zero-order valence-electron chi connectivity index (χ0n) is 14.8. The number of fused-ring (bicyclic) bond motifs is 1. The highest BCUT2D eigenvalue weighted by atomic mass is 35.5. The molecule has 2 heterocycles. The molecule has 8 heteroatoms. The highest BCUT2D eigenvalue weighted by Gasteiger charge is 2.24. The number of carbonyl (C=O) groups excluding carboxylic acids is 3. The second-order valence-corrected chi connectivity index (χ2v) is 6.29. The van der Waals surface area contributed by atoms with Crippen LogP contribution in [0.1, 0.15) is 29.3 Å². The van der Waals surface area contributed by atoms with Crippen molar-refractivity contribution in [3.63, 3.8) is 0 Å². The van der Waals surface area contributed by atoms with Crippen LogP contribution >= 0.6 is 12.4 Å². The van der Waals surface area contributed by atoms with Crippen LogP contribution in [0.4, 0.5) is 5.69 Å². The van der Waals surface area contributed by atoms with Gasteiger partial charge in [-0.25, -0.2) is 0 Å². The first-order valence-electron chi connectivity index (χ1n) is 8.67. The van der Waals surface area contributed by atoms with Crippen LogP contribution in [0.15, 0.2) is 18.2 Å². The molecule has 1 fully saturated rings. The number of nitrogens with zero attached hydrogens (tertiary/aromatic N) is 2. The largest absolute Gasteiger partial charge is 0.465 e. The van der Waals surface area contributed by atoms with Gasteiger partial charge in [-0.1, -0.05) is 0 Å². The number of amides is 2. The second-order valence-electron chi connectivity index (χ2n) is 6.29. The third-order valence-electron chi connectivity index (χ3n) is 4.57. The molecule has 1 aromatic rings. The average molecular weight is 382 g/mol. The standard InChI is InChI=1S/C18H23N3O4.ClH/c1-2-25-17(23)12-20-7-9-21(10-8-20)18(24)14-3-5-15-13(11-14)4-6-16(22)19-15;/h3,5,11H,2,4,6-10,12H2,1H3,(H,19,22);1H. The van der Waals surface area contributed by atoms with E-state index in [1.54, 1.807) is 19.1 Å². The van der Waals surface area contributed by atoms with Crippen LogP contribution in [0.2, 0.25) is 0 Å². The van der Waals surface area contributed by atoms with Gasteiger partial charge in [-0.05, 0) is 37.1 Å². The van der Waals surface area contributed by atoms with Crippen molar-refractivity contribution in [3.05, 3.63) is 29.3 Å².